The minimum absolute atomic E-state index is 0.0814. The molecule has 1 aliphatic rings. The van der Waals surface area contributed by atoms with Crippen molar-refractivity contribution in [3.63, 3.8) is 0 Å². The average Bonchev–Trinajstić information content (AvgIpc) is 3.26. The molecule has 1 atom stereocenters. The molecule has 0 spiro atoms. The van der Waals surface area contributed by atoms with Crippen LogP contribution in [0.15, 0.2) is 42.2 Å². The van der Waals surface area contributed by atoms with Crippen LogP contribution in [0.5, 0.6) is 0 Å². The van der Waals surface area contributed by atoms with E-state index in [1.807, 2.05) is 35.4 Å². The molecule has 116 valence electrons. The largest absolute Gasteiger partial charge is 0.333 e. The van der Waals surface area contributed by atoms with Gasteiger partial charge in [0.15, 0.2) is 0 Å². The van der Waals surface area contributed by atoms with Gasteiger partial charge in [-0.3, -0.25) is 9.78 Å². The molecule has 1 amide bonds. The van der Waals surface area contributed by atoms with Gasteiger partial charge in [0.2, 0.25) is 5.91 Å². The molecule has 3 aromatic rings. The molecule has 0 N–H and O–H groups in total. The Morgan fingerprint density at radius 2 is 2.22 bits per heavy atom. The molecule has 3 heterocycles. The molecule has 4 rings (SSSR count). The van der Waals surface area contributed by atoms with Crippen LogP contribution in [0.4, 0.5) is 0 Å². The Labute approximate surface area is 138 Å². The summed E-state index contributed by atoms with van der Waals surface area (Å²) in [6.45, 7) is 0.793. The Balaban J connectivity index is 1.59. The van der Waals surface area contributed by atoms with E-state index in [1.54, 1.807) is 11.7 Å². The van der Waals surface area contributed by atoms with Gasteiger partial charge in [-0.2, -0.15) is 0 Å². The van der Waals surface area contributed by atoms with Crippen LogP contribution in [0.3, 0.4) is 0 Å². The fourth-order valence-electron chi connectivity index (χ4n) is 3.23. The van der Waals surface area contributed by atoms with Crippen molar-refractivity contribution in [2.75, 3.05) is 6.54 Å². The van der Waals surface area contributed by atoms with Crippen LogP contribution < -0.4 is 0 Å². The van der Waals surface area contributed by atoms with Crippen molar-refractivity contribution in [1.29, 1.82) is 0 Å². The second kappa shape index (κ2) is 6.04. The normalized spacial score (nSPS) is 17.7. The van der Waals surface area contributed by atoms with E-state index in [1.165, 1.54) is 11.3 Å². The lowest BCUT2D eigenvalue weighted by Gasteiger charge is -2.23. The number of amides is 1. The van der Waals surface area contributed by atoms with Crippen LogP contribution in [0.25, 0.3) is 10.8 Å². The summed E-state index contributed by atoms with van der Waals surface area (Å²) < 4.78 is 0. The van der Waals surface area contributed by atoms with E-state index in [9.17, 15) is 4.79 Å². The van der Waals surface area contributed by atoms with Crippen LogP contribution >= 0.6 is 11.3 Å². The smallest absolute Gasteiger partial charge is 0.227 e. The third-order valence-electron chi connectivity index (χ3n) is 4.33. The van der Waals surface area contributed by atoms with Crippen LogP contribution in [0.1, 0.15) is 29.5 Å². The van der Waals surface area contributed by atoms with Gasteiger partial charge in [0, 0.05) is 24.3 Å². The lowest BCUT2D eigenvalue weighted by atomic mass is 10.0. The number of pyridine rings is 1. The van der Waals surface area contributed by atoms with E-state index >= 15 is 0 Å². The summed E-state index contributed by atoms with van der Waals surface area (Å²) in [6, 6.07) is 8.14. The van der Waals surface area contributed by atoms with Gasteiger partial charge in [-0.1, -0.05) is 24.3 Å². The van der Waals surface area contributed by atoms with Crippen LogP contribution in [-0.2, 0) is 11.2 Å². The van der Waals surface area contributed by atoms with E-state index in [4.69, 9.17) is 0 Å². The summed E-state index contributed by atoms with van der Waals surface area (Å²) in [5.41, 5.74) is 2.71. The number of rotatable bonds is 3. The number of nitrogens with zero attached hydrogens (tertiary/aromatic N) is 4. The maximum atomic E-state index is 12.8. The highest BCUT2D eigenvalue weighted by atomic mass is 32.1. The number of hydrogen-bond donors (Lipinski definition) is 0. The van der Waals surface area contributed by atoms with E-state index < -0.39 is 0 Å². The molecule has 1 saturated heterocycles. The Hall–Kier alpha value is -2.34. The SMILES string of the molecule is O=C(Cc1cncc2ccccc12)N1CCCC1c1nncs1. The standard InChI is InChI=1S/C17H16N4OS/c22-16(21-7-3-6-15(21)17-20-19-11-23-17)8-13-10-18-9-12-4-1-2-5-14(12)13/h1-2,4-5,9-11,15H,3,6-8H2. The van der Waals surface area contributed by atoms with E-state index in [-0.39, 0.29) is 11.9 Å². The van der Waals surface area contributed by atoms with Gasteiger partial charge < -0.3 is 4.90 Å². The van der Waals surface area contributed by atoms with E-state index in [0.717, 1.165) is 40.7 Å². The van der Waals surface area contributed by atoms with Crippen LogP contribution in [0.2, 0.25) is 0 Å². The maximum absolute atomic E-state index is 12.8. The van der Waals surface area contributed by atoms with Gasteiger partial charge >= 0.3 is 0 Å². The predicted molar refractivity (Wildman–Crippen MR) is 89.0 cm³/mol. The molecule has 0 aliphatic carbocycles. The first-order valence-electron chi connectivity index (χ1n) is 7.70. The highest BCUT2D eigenvalue weighted by molar-refractivity contribution is 7.09. The molecule has 1 unspecified atom stereocenters. The van der Waals surface area contributed by atoms with Crippen LogP contribution in [0, 0.1) is 0 Å². The molecule has 5 nitrogen and oxygen atoms in total. The minimum atomic E-state index is 0.0814. The highest BCUT2D eigenvalue weighted by Crippen LogP contribution is 2.33. The van der Waals surface area contributed by atoms with E-state index in [0.29, 0.717) is 6.42 Å². The quantitative estimate of drug-likeness (QED) is 0.743. The summed E-state index contributed by atoms with van der Waals surface area (Å²) in [7, 11) is 0. The summed E-state index contributed by atoms with van der Waals surface area (Å²) >= 11 is 1.52. The minimum Gasteiger partial charge on any atom is -0.333 e. The van der Waals surface area contributed by atoms with Crippen molar-refractivity contribution in [3.8, 4) is 0 Å². The Morgan fingerprint density at radius 1 is 1.30 bits per heavy atom. The molecular weight excluding hydrogens is 308 g/mol. The lowest BCUT2D eigenvalue weighted by Crippen LogP contribution is -2.31. The first kappa shape index (κ1) is 14.3. The molecule has 1 fully saturated rings. The first-order valence-corrected chi connectivity index (χ1v) is 8.58. The summed E-state index contributed by atoms with van der Waals surface area (Å²) in [5, 5.41) is 11.2. The van der Waals surface area contributed by atoms with Crippen molar-refractivity contribution in [3.05, 3.63) is 52.7 Å². The number of carbonyl (C=O) groups is 1. The lowest BCUT2D eigenvalue weighted by molar-refractivity contribution is -0.131. The second-order valence-corrected chi connectivity index (χ2v) is 6.58. The topological polar surface area (TPSA) is 59.0 Å². The second-order valence-electron chi connectivity index (χ2n) is 5.72. The average molecular weight is 324 g/mol. The van der Waals surface area contributed by atoms with Gasteiger partial charge in [-0.25, -0.2) is 0 Å². The van der Waals surface area contributed by atoms with Gasteiger partial charge in [0.05, 0.1) is 12.5 Å². The molecule has 1 aromatic carbocycles. The Bertz CT molecular complexity index is 828. The molecular formula is C17H16N4OS. The molecule has 6 heteroatoms. The first-order chi connectivity index (χ1) is 11.3. The van der Waals surface area contributed by atoms with Crippen LogP contribution in [-0.4, -0.2) is 32.5 Å². The molecule has 23 heavy (non-hydrogen) atoms. The monoisotopic (exact) mass is 324 g/mol. The third kappa shape index (κ3) is 2.70. The van der Waals surface area contributed by atoms with Crippen molar-refractivity contribution >= 4 is 28.0 Å². The number of likely N-dealkylation sites (tertiary alicyclic amines) is 1. The fraction of sp³-hybridized carbons (Fsp3) is 0.294. The van der Waals surface area contributed by atoms with E-state index in [2.05, 4.69) is 15.2 Å². The van der Waals surface area contributed by atoms with Crippen molar-refractivity contribution in [2.45, 2.75) is 25.3 Å². The van der Waals surface area contributed by atoms with Crippen molar-refractivity contribution < 1.29 is 4.79 Å². The Morgan fingerprint density at radius 3 is 3.09 bits per heavy atom. The van der Waals surface area contributed by atoms with Gasteiger partial charge in [-0.15, -0.1) is 21.5 Å². The molecule has 0 radical (unpaired) electrons. The molecule has 2 aromatic heterocycles. The maximum Gasteiger partial charge on any atom is 0.227 e. The molecule has 1 aliphatic heterocycles. The highest BCUT2D eigenvalue weighted by Gasteiger charge is 2.32. The zero-order valence-corrected chi connectivity index (χ0v) is 13.4. The predicted octanol–water partition coefficient (Wildman–Crippen LogP) is 2.99. The Kier molecular flexibility index (Phi) is 3.75. The van der Waals surface area contributed by atoms with Gasteiger partial charge in [0.25, 0.3) is 0 Å². The summed E-state index contributed by atoms with van der Waals surface area (Å²) in [4.78, 5) is 19.0. The van der Waals surface area contributed by atoms with Gasteiger partial charge in [0.1, 0.15) is 10.5 Å². The third-order valence-corrected chi connectivity index (χ3v) is 5.12. The number of carbonyl (C=O) groups excluding carboxylic acids is 1. The zero-order valence-electron chi connectivity index (χ0n) is 12.6. The van der Waals surface area contributed by atoms with Gasteiger partial charge in [-0.05, 0) is 23.8 Å². The molecule has 0 saturated carbocycles. The fourth-order valence-corrected chi connectivity index (χ4v) is 3.93. The van der Waals surface area contributed by atoms with Crippen molar-refractivity contribution in [1.82, 2.24) is 20.1 Å². The number of benzene rings is 1. The zero-order chi connectivity index (χ0) is 15.6. The molecule has 0 bridgehead atoms. The number of fused-ring (bicyclic) bond motifs is 1. The number of aromatic nitrogens is 3. The summed E-state index contributed by atoms with van der Waals surface area (Å²) in [6.07, 6.45) is 6.00. The number of hydrogen-bond acceptors (Lipinski definition) is 5. The summed E-state index contributed by atoms with van der Waals surface area (Å²) in [5.74, 6) is 0.140. The van der Waals surface area contributed by atoms with Crippen molar-refractivity contribution in [2.24, 2.45) is 0 Å².